The maximum absolute atomic E-state index is 5.92. The van der Waals surface area contributed by atoms with Crippen molar-refractivity contribution in [3.8, 4) is 0 Å². The molecule has 2 rings (SSSR count). The molecular weight excluding hydrogens is 288 g/mol. The molecule has 0 radical (unpaired) electrons. The van der Waals surface area contributed by atoms with Crippen LogP contribution in [-0.4, -0.2) is 23.8 Å². The van der Waals surface area contributed by atoms with Crippen LogP contribution in [0.2, 0.25) is 5.02 Å². The van der Waals surface area contributed by atoms with E-state index in [-0.39, 0.29) is 6.04 Å². The van der Waals surface area contributed by atoms with Gasteiger partial charge in [-0.1, -0.05) is 35.8 Å². The van der Waals surface area contributed by atoms with Crippen LogP contribution >= 0.6 is 11.6 Å². The number of hydrogen-bond donors (Lipinski definition) is 1. The third kappa shape index (κ3) is 4.19. The Morgan fingerprint density at radius 2 is 2.00 bits per heavy atom. The SMILES string of the molecule is CCCNCc1nnc(N(C)C(C)c2ccc(Cl)cc2)o1. The van der Waals surface area contributed by atoms with E-state index < -0.39 is 0 Å². The van der Waals surface area contributed by atoms with Gasteiger partial charge in [0.05, 0.1) is 12.6 Å². The lowest BCUT2D eigenvalue weighted by molar-refractivity contribution is 0.458. The summed E-state index contributed by atoms with van der Waals surface area (Å²) in [4.78, 5) is 1.96. The predicted molar refractivity (Wildman–Crippen MR) is 84.6 cm³/mol. The van der Waals surface area contributed by atoms with Gasteiger partial charge in [-0.3, -0.25) is 0 Å². The van der Waals surface area contributed by atoms with Gasteiger partial charge < -0.3 is 14.6 Å². The van der Waals surface area contributed by atoms with Crippen LogP contribution < -0.4 is 10.2 Å². The maximum atomic E-state index is 5.92. The molecule has 0 spiro atoms. The van der Waals surface area contributed by atoms with Crippen LogP contribution in [0.4, 0.5) is 6.01 Å². The van der Waals surface area contributed by atoms with E-state index in [9.17, 15) is 0 Å². The second-order valence-electron chi connectivity index (χ2n) is 4.99. The van der Waals surface area contributed by atoms with Crippen molar-refractivity contribution in [1.29, 1.82) is 0 Å². The highest BCUT2D eigenvalue weighted by molar-refractivity contribution is 6.30. The molecule has 21 heavy (non-hydrogen) atoms. The van der Waals surface area contributed by atoms with E-state index >= 15 is 0 Å². The van der Waals surface area contributed by atoms with Crippen LogP contribution in [0, 0.1) is 0 Å². The monoisotopic (exact) mass is 308 g/mol. The third-order valence-electron chi connectivity index (χ3n) is 3.39. The minimum Gasteiger partial charge on any atom is -0.407 e. The smallest absolute Gasteiger partial charge is 0.318 e. The van der Waals surface area contributed by atoms with Gasteiger partial charge in [0.25, 0.3) is 0 Å². The molecule has 0 fully saturated rings. The van der Waals surface area contributed by atoms with Crippen LogP contribution in [0.3, 0.4) is 0 Å². The molecule has 0 amide bonds. The number of rotatable bonds is 7. The zero-order valence-electron chi connectivity index (χ0n) is 12.6. The standard InChI is InChI=1S/C15H21ClN4O/c1-4-9-17-10-14-18-19-15(21-14)20(3)11(2)12-5-7-13(16)8-6-12/h5-8,11,17H,4,9-10H2,1-3H3. The Morgan fingerprint density at radius 1 is 1.29 bits per heavy atom. The van der Waals surface area contributed by atoms with Crippen molar-refractivity contribution in [2.75, 3.05) is 18.5 Å². The molecule has 0 aliphatic heterocycles. The Hall–Kier alpha value is -1.59. The van der Waals surface area contributed by atoms with E-state index in [4.69, 9.17) is 16.0 Å². The molecule has 114 valence electrons. The third-order valence-corrected chi connectivity index (χ3v) is 3.65. The summed E-state index contributed by atoms with van der Waals surface area (Å²) in [5.74, 6) is 0.605. The van der Waals surface area contributed by atoms with Crippen molar-refractivity contribution < 1.29 is 4.42 Å². The first-order valence-corrected chi connectivity index (χ1v) is 7.51. The van der Waals surface area contributed by atoms with E-state index in [1.54, 1.807) is 0 Å². The van der Waals surface area contributed by atoms with Gasteiger partial charge in [0.2, 0.25) is 5.89 Å². The minimum absolute atomic E-state index is 0.124. The molecule has 1 atom stereocenters. The summed E-state index contributed by atoms with van der Waals surface area (Å²) in [7, 11) is 1.94. The van der Waals surface area contributed by atoms with Crippen molar-refractivity contribution in [1.82, 2.24) is 15.5 Å². The summed E-state index contributed by atoms with van der Waals surface area (Å²) in [5, 5.41) is 12.1. The van der Waals surface area contributed by atoms with Gasteiger partial charge in [-0.25, -0.2) is 0 Å². The van der Waals surface area contributed by atoms with Crippen LogP contribution in [-0.2, 0) is 6.54 Å². The van der Waals surface area contributed by atoms with Crippen molar-refractivity contribution >= 4 is 17.6 Å². The Kier molecular flexibility index (Phi) is 5.59. The Balaban J connectivity index is 2.01. The fourth-order valence-electron chi connectivity index (χ4n) is 1.96. The fourth-order valence-corrected chi connectivity index (χ4v) is 2.09. The number of halogens is 1. The number of nitrogens with one attached hydrogen (secondary N) is 1. The molecular formula is C15H21ClN4O. The quantitative estimate of drug-likeness (QED) is 0.794. The van der Waals surface area contributed by atoms with E-state index in [1.165, 1.54) is 0 Å². The molecule has 0 aliphatic carbocycles. The van der Waals surface area contributed by atoms with E-state index in [0.29, 0.717) is 18.5 Å². The molecule has 2 aromatic rings. The first kappa shape index (κ1) is 15.8. The molecule has 5 nitrogen and oxygen atoms in total. The van der Waals surface area contributed by atoms with Crippen LogP contribution in [0.1, 0.15) is 37.8 Å². The Labute approximate surface area is 130 Å². The lowest BCUT2D eigenvalue weighted by Gasteiger charge is -2.23. The fraction of sp³-hybridized carbons (Fsp3) is 0.467. The Morgan fingerprint density at radius 3 is 2.67 bits per heavy atom. The highest BCUT2D eigenvalue weighted by Crippen LogP contribution is 2.25. The zero-order chi connectivity index (χ0) is 15.2. The molecule has 1 aromatic carbocycles. The molecule has 6 heteroatoms. The molecule has 0 saturated heterocycles. The highest BCUT2D eigenvalue weighted by Gasteiger charge is 2.17. The normalized spacial score (nSPS) is 12.4. The Bertz CT molecular complexity index is 555. The average molecular weight is 309 g/mol. The highest BCUT2D eigenvalue weighted by atomic mass is 35.5. The molecule has 1 aromatic heterocycles. The number of nitrogens with zero attached hydrogens (tertiary/aromatic N) is 3. The number of benzene rings is 1. The van der Waals surface area contributed by atoms with Crippen molar-refractivity contribution in [3.05, 3.63) is 40.7 Å². The second kappa shape index (κ2) is 7.43. The molecule has 1 N–H and O–H groups in total. The average Bonchev–Trinajstić information content (AvgIpc) is 2.96. The molecule has 0 bridgehead atoms. The summed E-state index contributed by atoms with van der Waals surface area (Å²) in [5.41, 5.74) is 1.14. The summed E-state index contributed by atoms with van der Waals surface area (Å²) in [6.07, 6.45) is 1.08. The first-order chi connectivity index (χ1) is 10.1. The summed E-state index contributed by atoms with van der Waals surface area (Å²) < 4.78 is 5.67. The van der Waals surface area contributed by atoms with Crippen LogP contribution in [0.25, 0.3) is 0 Å². The van der Waals surface area contributed by atoms with E-state index in [2.05, 4.69) is 29.4 Å². The van der Waals surface area contributed by atoms with Crippen molar-refractivity contribution in [2.24, 2.45) is 0 Å². The van der Waals surface area contributed by atoms with Gasteiger partial charge in [-0.15, -0.1) is 5.10 Å². The number of aromatic nitrogens is 2. The molecule has 0 aliphatic rings. The van der Waals surface area contributed by atoms with Gasteiger partial charge in [-0.2, -0.15) is 0 Å². The van der Waals surface area contributed by atoms with Gasteiger partial charge >= 0.3 is 6.01 Å². The van der Waals surface area contributed by atoms with Crippen LogP contribution in [0.5, 0.6) is 0 Å². The van der Waals surface area contributed by atoms with Gasteiger partial charge in [-0.05, 0) is 37.6 Å². The number of anilines is 1. The topological polar surface area (TPSA) is 54.2 Å². The molecule has 1 heterocycles. The maximum Gasteiger partial charge on any atom is 0.318 e. The summed E-state index contributed by atoms with van der Waals surface area (Å²) in [6, 6.07) is 8.42. The first-order valence-electron chi connectivity index (χ1n) is 7.13. The van der Waals surface area contributed by atoms with Gasteiger partial charge in [0.15, 0.2) is 0 Å². The summed E-state index contributed by atoms with van der Waals surface area (Å²) in [6.45, 7) is 5.75. The largest absolute Gasteiger partial charge is 0.407 e. The zero-order valence-corrected chi connectivity index (χ0v) is 13.4. The van der Waals surface area contributed by atoms with Crippen LogP contribution in [0.15, 0.2) is 28.7 Å². The lowest BCUT2D eigenvalue weighted by Crippen LogP contribution is -2.21. The lowest BCUT2D eigenvalue weighted by atomic mass is 10.1. The predicted octanol–water partition coefficient (Wildman–Crippen LogP) is 3.42. The summed E-state index contributed by atoms with van der Waals surface area (Å²) >= 11 is 5.92. The second-order valence-corrected chi connectivity index (χ2v) is 5.43. The van der Waals surface area contributed by atoms with Crippen molar-refractivity contribution in [3.63, 3.8) is 0 Å². The van der Waals surface area contributed by atoms with Gasteiger partial charge in [0, 0.05) is 12.1 Å². The van der Waals surface area contributed by atoms with Gasteiger partial charge in [0.1, 0.15) is 0 Å². The van der Waals surface area contributed by atoms with Crippen molar-refractivity contribution in [2.45, 2.75) is 32.9 Å². The molecule has 0 saturated carbocycles. The molecule has 1 unspecified atom stereocenters. The van der Waals surface area contributed by atoms with E-state index in [1.807, 2.05) is 36.2 Å². The number of hydrogen-bond acceptors (Lipinski definition) is 5. The minimum atomic E-state index is 0.124. The van der Waals surface area contributed by atoms with E-state index in [0.717, 1.165) is 23.6 Å².